The molecule has 3 saturated heterocycles. The summed E-state index contributed by atoms with van der Waals surface area (Å²) in [6.45, 7) is 17.5. The van der Waals surface area contributed by atoms with E-state index in [1.54, 1.807) is 9.80 Å². The normalized spacial score (nSPS) is 20.2. The molecule has 19 nitrogen and oxygen atoms in total. The Morgan fingerprint density at radius 1 is 0.725 bits per heavy atom. The van der Waals surface area contributed by atoms with Gasteiger partial charge in [-0.2, -0.15) is 0 Å². The SMILES string of the molecule is CC(C)(C)OC(=O)N1CCO[C@H](CN)C1.COC(=O)Cl.COC(=O)NC[C@@H]1CN(C(=O)OC(C)(C)C)CCO1.COC(=O)NC[C@@H]1CNCCO1. The maximum absolute atomic E-state index is 11.9. The van der Waals surface area contributed by atoms with Gasteiger partial charge in [0.25, 0.3) is 0 Å². The van der Waals surface area contributed by atoms with Crippen LogP contribution >= 0.6 is 11.6 Å². The molecule has 0 aliphatic carbocycles. The first-order valence-electron chi connectivity index (χ1n) is 16.4. The summed E-state index contributed by atoms with van der Waals surface area (Å²) in [6, 6.07) is 0. The topological polar surface area (TPSA) is 228 Å². The zero-order valence-corrected chi connectivity index (χ0v) is 32.1. The fraction of sp³-hybridized carbons (Fsp3) is 0.839. The second-order valence-corrected chi connectivity index (χ2v) is 13.3. The molecule has 3 aliphatic heterocycles. The standard InChI is InChI=1S/C12H22N2O5.C10H20N2O3.C7H14N2O3.C2H3ClO2/c1-12(2,3)19-11(16)14-5-6-18-9(8-14)7-13-10(15)17-4;1-10(2,3)15-9(13)12-4-5-14-8(6-11)7-12;1-11-7(10)9-5-6-4-8-2-3-12-6;1-5-2(3)4/h9H,5-8H2,1-4H3,(H,13,15);8H,4-7,11H2,1-3H3;6,8H,2-5H2,1H3,(H,9,10);1H3/t9-;8-;6-;/m110./s1. The Morgan fingerprint density at radius 2 is 1.14 bits per heavy atom. The molecule has 0 radical (unpaired) electrons. The average Bonchev–Trinajstić information content (AvgIpc) is 3.09. The summed E-state index contributed by atoms with van der Waals surface area (Å²) in [5, 5.41) is 8.28. The maximum Gasteiger partial charge on any atom is 0.410 e. The van der Waals surface area contributed by atoms with Crippen LogP contribution in [0.4, 0.5) is 24.0 Å². The third-order valence-corrected chi connectivity index (χ3v) is 6.48. The van der Waals surface area contributed by atoms with Gasteiger partial charge in [0.15, 0.2) is 0 Å². The molecule has 3 rings (SSSR count). The van der Waals surface area contributed by atoms with Crippen LogP contribution in [0.2, 0.25) is 0 Å². The van der Waals surface area contributed by atoms with Crippen LogP contribution in [-0.2, 0) is 37.9 Å². The Balaban J connectivity index is 0.000000703. The van der Waals surface area contributed by atoms with Crippen molar-refractivity contribution in [3.8, 4) is 0 Å². The molecule has 0 aromatic heterocycles. The molecule has 3 heterocycles. The third kappa shape index (κ3) is 25.3. The number of morpholine rings is 3. The van der Waals surface area contributed by atoms with Gasteiger partial charge in [-0.3, -0.25) is 0 Å². The Bertz CT molecular complexity index is 1040. The van der Waals surface area contributed by atoms with E-state index in [-0.39, 0.29) is 30.5 Å². The molecule has 0 saturated carbocycles. The number of carbonyl (C=O) groups excluding carboxylic acids is 5. The Morgan fingerprint density at radius 3 is 1.51 bits per heavy atom. The number of nitrogens with two attached hydrogens (primary N) is 1. The fourth-order valence-electron chi connectivity index (χ4n) is 3.98. The number of carbonyl (C=O) groups is 5. The van der Waals surface area contributed by atoms with Crippen LogP contribution in [-0.4, -0.2) is 169 Å². The van der Waals surface area contributed by atoms with Gasteiger partial charge < -0.3 is 69.4 Å². The summed E-state index contributed by atoms with van der Waals surface area (Å²) < 4.78 is 39.5. The van der Waals surface area contributed by atoms with E-state index in [9.17, 15) is 24.0 Å². The number of alkyl carbamates (subject to hydrolysis) is 2. The van der Waals surface area contributed by atoms with Crippen LogP contribution < -0.4 is 21.7 Å². The highest BCUT2D eigenvalue weighted by Gasteiger charge is 2.29. The van der Waals surface area contributed by atoms with E-state index in [1.807, 2.05) is 41.5 Å². The van der Waals surface area contributed by atoms with Crippen molar-refractivity contribution in [2.45, 2.75) is 71.1 Å². The summed E-state index contributed by atoms with van der Waals surface area (Å²) in [4.78, 5) is 57.8. The van der Waals surface area contributed by atoms with Crippen LogP contribution in [0.15, 0.2) is 0 Å². The van der Waals surface area contributed by atoms with Crippen molar-refractivity contribution in [2.24, 2.45) is 5.73 Å². The van der Waals surface area contributed by atoms with Crippen LogP contribution in [0, 0.1) is 0 Å². The highest BCUT2D eigenvalue weighted by Crippen LogP contribution is 2.14. The smallest absolute Gasteiger partial charge is 0.410 e. The van der Waals surface area contributed by atoms with Gasteiger partial charge in [-0.05, 0) is 41.5 Å². The van der Waals surface area contributed by atoms with E-state index in [1.165, 1.54) is 21.3 Å². The Labute approximate surface area is 305 Å². The van der Waals surface area contributed by atoms with E-state index in [2.05, 4.69) is 41.8 Å². The Kier molecular flexibility index (Phi) is 23.9. The number of methoxy groups -OCH3 is 3. The molecule has 5 N–H and O–H groups in total. The first-order chi connectivity index (χ1) is 23.8. The third-order valence-electron chi connectivity index (χ3n) is 6.33. The van der Waals surface area contributed by atoms with E-state index < -0.39 is 28.8 Å². The molecule has 0 aromatic rings. The minimum atomic E-state index is -0.773. The van der Waals surface area contributed by atoms with Crippen molar-refractivity contribution < 1.29 is 61.9 Å². The number of nitrogens with zero attached hydrogens (tertiary/aromatic N) is 2. The van der Waals surface area contributed by atoms with Crippen molar-refractivity contribution in [1.29, 1.82) is 0 Å². The molecule has 0 spiro atoms. The lowest BCUT2D eigenvalue weighted by molar-refractivity contribution is -0.0406. The summed E-state index contributed by atoms with van der Waals surface area (Å²) in [5.41, 5.74) is 3.75. The largest absolute Gasteiger partial charge is 0.457 e. The quantitative estimate of drug-likeness (QED) is 0.232. The molecular formula is C31H59ClN6O13. The highest BCUT2D eigenvalue weighted by molar-refractivity contribution is 6.61. The van der Waals surface area contributed by atoms with Gasteiger partial charge in [0.05, 0.1) is 72.6 Å². The predicted octanol–water partition coefficient (Wildman–Crippen LogP) is 1.88. The number of amides is 4. The molecule has 3 aliphatic rings. The summed E-state index contributed by atoms with van der Waals surface area (Å²) in [6.07, 6.45) is -1.82. The zero-order valence-electron chi connectivity index (χ0n) is 31.4. The van der Waals surface area contributed by atoms with Gasteiger partial charge in [0.1, 0.15) is 11.2 Å². The molecule has 0 aromatic carbocycles. The molecule has 3 fully saturated rings. The molecule has 3 atom stereocenters. The number of hydrogen-bond acceptors (Lipinski definition) is 15. The summed E-state index contributed by atoms with van der Waals surface area (Å²) in [5.74, 6) is 0. The number of nitrogens with one attached hydrogen (secondary N) is 3. The lowest BCUT2D eigenvalue weighted by Crippen LogP contribution is -2.50. The molecule has 51 heavy (non-hydrogen) atoms. The van der Waals surface area contributed by atoms with Crippen molar-refractivity contribution in [3.05, 3.63) is 0 Å². The maximum atomic E-state index is 11.9. The van der Waals surface area contributed by atoms with E-state index in [0.717, 1.165) is 13.1 Å². The van der Waals surface area contributed by atoms with Crippen LogP contribution in [0.5, 0.6) is 0 Å². The van der Waals surface area contributed by atoms with Crippen LogP contribution in [0.3, 0.4) is 0 Å². The van der Waals surface area contributed by atoms with Gasteiger partial charge in [0, 0.05) is 57.4 Å². The van der Waals surface area contributed by atoms with E-state index in [0.29, 0.717) is 65.6 Å². The monoisotopic (exact) mass is 758 g/mol. The minimum Gasteiger partial charge on any atom is -0.457 e. The van der Waals surface area contributed by atoms with Crippen LogP contribution in [0.25, 0.3) is 0 Å². The number of hydrogen-bond donors (Lipinski definition) is 4. The second kappa shape index (κ2) is 25.6. The lowest BCUT2D eigenvalue weighted by atomic mass is 10.2. The number of rotatable bonds is 5. The lowest BCUT2D eigenvalue weighted by Gasteiger charge is -2.34. The van der Waals surface area contributed by atoms with Crippen molar-refractivity contribution in [3.63, 3.8) is 0 Å². The predicted molar refractivity (Wildman–Crippen MR) is 186 cm³/mol. The second-order valence-electron chi connectivity index (χ2n) is 13.0. The van der Waals surface area contributed by atoms with Gasteiger partial charge in [-0.25, -0.2) is 24.0 Å². The first kappa shape index (κ1) is 47.6. The van der Waals surface area contributed by atoms with Gasteiger partial charge in [0.2, 0.25) is 0 Å². The summed E-state index contributed by atoms with van der Waals surface area (Å²) in [7, 11) is 3.86. The Hall–Kier alpha value is -3.36. The van der Waals surface area contributed by atoms with Gasteiger partial charge in [-0.1, -0.05) is 0 Å². The van der Waals surface area contributed by atoms with E-state index in [4.69, 9.17) is 29.4 Å². The summed E-state index contributed by atoms with van der Waals surface area (Å²) >= 11 is 4.60. The highest BCUT2D eigenvalue weighted by atomic mass is 35.5. The first-order valence-corrected chi connectivity index (χ1v) is 16.8. The van der Waals surface area contributed by atoms with E-state index >= 15 is 0 Å². The molecule has 4 amide bonds. The molecule has 0 bridgehead atoms. The molecule has 0 unspecified atom stereocenters. The van der Waals surface area contributed by atoms with Crippen LogP contribution in [0.1, 0.15) is 41.5 Å². The zero-order chi connectivity index (χ0) is 39.0. The molecule has 20 heteroatoms. The van der Waals surface area contributed by atoms with Gasteiger partial charge >= 0.3 is 29.8 Å². The van der Waals surface area contributed by atoms with Crippen molar-refractivity contribution in [1.82, 2.24) is 25.8 Å². The fourth-order valence-corrected chi connectivity index (χ4v) is 3.98. The molecule has 298 valence electrons. The molecular weight excluding hydrogens is 700 g/mol. The minimum absolute atomic E-state index is 0.0636. The average molecular weight is 759 g/mol. The number of ether oxygens (including phenoxy) is 8. The van der Waals surface area contributed by atoms with Gasteiger partial charge in [-0.15, -0.1) is 0 Å². The number of halogens is 1. The van der Waals surface area contributed by atoms with Crippen molar-refractivity contribution >= 4 is 41.4 Å². The van der Waals surface area contributed by atoms with Crippen molar-refractivity contribution in [2.75, 3.05) is 100 Å².